The van der Waals surface area contributed by atoms with Gasteiger partial charge in [-0.25, -0.2) is 28.8 Å². The molecule has 1 aromatic carbocycles. The van der Waals surface area contributed by atoms with E-state index in [9.17, 15) is 18.8 Å². The molecule has 2 amide bonds. The van der Waals surface area contributed by atoms with Crippen LogP contribution in [0.15, 0.2) is 24.5 Å². The average molecular weight is 709 g/mol. The summed E-state index contributed by atoms with van der Waals surface area (Å²) in [5, 5.41) is -0.250. The van der Waals surface area contributed by atoms with Crippen LogP contribution in [0.4, 0.5) is 14.0 Å². The number of benzene rings is 1. The Morgan fingerprint density at radius 1 is 1.06 bits per heavy atom. The molecule has 3 rings (SSSR count). The monoisotopic (exact) mass is 708 g/mol. The molecule has 3 aromatic rings. The number of nitrogens with zero attached hydrogens (tertiary/aromatic N) is 4. The summed E-state index contributed by atoms with van der Waals surface area (Å²) in [5.74, 6) is -0.510. The number of aldehydes is 1. The SMILES string of the molecule is CC(Oc1cnc2c(n1)c(C=O)cn2COCC[Si](C)(C)C)c1c(OCCN(C(=O)OC(C)(C)C)C(=O)OC(C)(C)C)ccc(F)c1Cl. The summed E-state index contributed by atoms with van der Waals surface area (Å²) in [4.78, 5) is 47.3. The summed E-state index contributed by atoms with van der Waals surface area (Å²) >= 11 is 6.39. The topological polar surface area (TPSA) is 131 Å². The smallest absolute Gasteiger partial charge is 0.419 e. The molecule has 15 heteroatoms. The zero-order valence-corrected chi connectivity index (χ0v) is 31.1. The molecule has 12 nitrogen and oxygen atoms in total. The van der Waals surface area contributed by atoms with Gasteiger partial charge in [0.25, 0.3) is 0 Å². The number of ether oxygens (including phenoxy) is 5. The number of imide groups is 1. The minimum atomic E-state index is -1.27. The Labute approximate surface area is 286 Å². The van der Waals surface area contributed by atoms with Crippen molar-refractivity contribution in [1.82, 2.24) is 19.4 Å². The van der Waals surface area contributed by atoms with Crippen LogP contribution in [0.2, 0.25) is 30.7 Å². The molecule has 264 valence electrons. The van der Waals surface area contributed by atoms with Gasteiger partial charge in [-0.2, -0.15) is 0 Å². The summed E-state index contributed by atoms with van der Waals surface area (Å²) in [5.41, 5.74) is -0.525. The third-order valence-electron chi connectivity index (χ3n) is 6.52. The van der Waals surface area contributed by atoms with Gasteiger partial charge in [0.15, 0.2) is 11.9 Å². The van der Waals surface area contributed by atoms with Crippen molar-refractivity contribution in [3.8, 4) is 11.6 Å². The van der Waals surface area contributed by atoms with Gasteiger partial charge in [0.1, 0.15) is 47.7 Å². The Morgan fingerprint density at radius 2 is 1.69 bits per heavy atom. The van der Waals surface area contributed by atoms with E-state index in [0.717, 1.165) is 17.0 Å². The fourth-order valence-electron chi connectivity index (χ4n) is 4.27. The minimum absolute atomic E-state index is 0.0582. The van der Waals surface area contributed by atoms with Crippen LogP contribution in [0.1, 0.15) is 70.5 Å². The zero-order chi connectivity index (χ0) is 36.0. The van der Waals surface area contributed by atoms with Crippen LogP contribution in [0.3, 0.4) is 0 Å². The molecular weight excluding hydrogens is 663 g/mol. The maximum absolute atomic E-state index is 14.7. The number of amides is 2. The second-order valence-corrected chi connectivity index (χ2v) is 20.4. The Hall–Kier alpha value is -3.75. The lowest BCUT2D eigenvalue weighted by atomic mass is 10.1. The molecular formula is C33H46ClFN4O8Si. The number of aromatic nitrogens is 3. The molecule has 0 aliphatic rings. The van der Waals surface area contributed by atoms with Crippen LogP contribution in [-0.4, -0.2) is 76.9 Å². The van der Waals surface area contributed by atoms with Gasteiger partial charge in [0.2, 0.25) is 5.88 Å². The zero-order valence-electron chi connectivity index (χ0n) is 29.3. The maximum atomic E-state index is 14.7. The predicted octanol–water partition coefficient (Wildman–Crippen LogP) is 8.04. The van der Waals surface area contributed by atoms with Gasteiger partial charge in [0.05, 0.1) is 28.9 Å². The number of rotatable bonds is 13. The van der Waals surface area contributed by atoms with Gasteiger partial charge >= 0.3 is 12.2 Å². The van der Waals surface area contributed by atoms with E-state index in [1.807, 2.05) is 0 Å². The van der Waals surface area contributed by atoms with Gasteiger partial charge in [-0.05, 0) is 66.6 Å². The van der Waals surface area contributed by atoms with Crippen molar-refractivity contribution < 1.29 is 42.5 Å². The molecule has 0 spiro atoms. The Kier molecular flexibility index (Phi) is 12.6. The van der Waals surface area contributed by atoms with Crippen molar-refractivity contribution in [3.63, 3.8) is 0 Å². The van der Waals surface area contributed by atoms with Gasteiger partial charge < -0.3 is 28.3 Å². The largest absolute Gasteiger partial charge is 0.491 e. The third-order valence-corrected chi connectivity index (χ3v) is 8.61. The molecule has 0 bridgehead atoms. The minimum Gasteiger partial charge on any atom is -0.491 e. The van der Waals surface area contributed by atoms with Crippen LogP contribution in [-0.2, 0) is 20.9 Å². The molecule has 48 heavy (non-hydrogen) atoms. The number of halogens is 2. The number of hydrogen-bond acceptors (Lipinski definition) is 10. The van der Waals surface area contributed by atoms with Crippen molar-refractivity contribution in [3.05, 3.63) is 46.5 Å². The molecule has 0 aliphatic heterocycles. The van der Waals surface area contributed by atoms with Crippen molar-refractivity contribution in [2.45, 2.75) is 98.2 Å². The first-order valence-electron chi connectivity index (χ1n) is 15.6. The van der Waals surface area contributed by atoms with E-state index < -0.39 is 43.4 Å². The van der Waals surface area contributed by atoms with Crippen LogP contribution < -0.4 is 9.47 Å². The summed E-state index contributed by atoms with van der Waals surface area (Å²) in [6.07, 6.45) is 0.951. The molecule has 0 radical (unpaired) electrons. The van der Waals surface area contributed by atoms with E-state index in [1.54, 1.807) is 59.2 Å². The molecule has 0 fully saturated rings. The van der Waals surface area contributed by atoms with Gasteiger partial charge in [-0.15, -0.1) is 0 Å². The summed E-state index contributed by atoms with van der Waals surface area (Å²) in [6, 6.07) is 3.49. The van der Waals surface area contributed by atoms with Crippen molar-refractivity contribution >= 4 is 49.3 Å². The first-order valence-corrected chi connectivity index (χ1v) is 19.7. The lowest BCUT2D eigenvalue weighted by Gasteiger charge is -2.28. The van der Waals surface area contributed by atoms with Crippen LogP contribution in [0.5, 0.6) is 11.6 Å². The highest BCUT2D eigenvalue weighted by atomic mass is 35.5. The highest BCUT2D eigenvalue weighted by Gasteiger charge is 2.31. The van der Waals surface area contributed by atoms with Crippen molar-refractivity contribution in [1.29, 1.82) is 0 Å². The van der Waals surface area contributed by atoms with E-state index in [2.05, 4.69) is 29.6 Å². The van der Waals surface area contributed by atoms with E-state index in [-0.39, 0.29) is 42.1 Å². The maximum Gasteiger partial charge on any atom is 0.419 e. The molecule has 1 atom stereocenters. The highest BCUT2D eigenvalue weighted by molar-refractivity contribution is 6.76. The first kappa shape index (κ1) is 38.7. The van der Waals surface area contributed by atoms with Crippen molar-refractivity contribution in [2.24, 2.45) is 0 Å². The summed E-state index contributed by atoms with van der Waals surface area (Å²) in [7, 11) is -1.27. The Balaban J connectivity index is 1.80. The fourth-order valence-corrected chi connectivity index (χ4v) is 5.34. The molecule has 0 N–H and O–H groups in total. The van der Waals surface area contributed by atoms with Gasteiger partial charge in [-0.1, -0.05) is 31.2 Å². The first-order chi connectivity index (χ1) is 22.2. The summed E-state index contributed by atoms with van der Waals surface area (Å²) in [6.45, 7) is 18.8. The van der Waals surface area contributed by atoms with E-state index >= 15 is 0 Å². The molecule has 2 aromatic heterocycles. The fraction of sp³-hybridized carbons (Fsp3) is 0.545. The van der Waals surface area contributed by atoms with E-state index in [4.69, 9.17) is 35.3 Å². The Morgan fingerprint density at radius 3 is 2.25 bits per heavy atom. The lowest BCUT2D eigenvalue weighted by Crippen LogP contribution is -2.45. The van der Waals surface area contributed by atoms with E-state index in [1.165, 1.54) is 12.3 Å². The molecule has 0 saturated carbocycles. The van der Waals surface area contributed by atoms with Crippen LogP contribution in [0, 0.1) is 5.82 Å². The second kappa shape index (κ2) is 15.6. The second-order valence-electron chi connectivity index (χ2n) is 14.4. The highest BCUT2D eigenvalue weighted by Crippen LogP contribution is 2.36. The van der Waals surface area contributed by atoms with Gasteiger partial charge in [-0.3, -0.25) is 4.79 Å². The van der Waals surface area contributed by atoms with Crippen LogP contribution >= 0.6 is 11.6 Å². The molecule has 2 heterocycles. The molecule has 0 saturated heterocycles. The standard InChI is InChI=1S/C33H46ClFN4O8Si/c1-21(45-25-17-36-29-28(37-25)22(19-40)18-38(29)20-43-15-16-48(8,9)10)26-24(12-11-23(35)27(26)34)44-14-13-39(30(41)46-32(2,3)4)31(42)47-33(5,6)7/h11-12,17-19,21H,13-16,20H2,1-10H3. The van der Waals surface area contributed by atoms with E-state index in [0.29, 0.717) is 29.6 Å². The van der Waals surface area contributed by atoms with Crippen LogP contribution in [0.25, 0.3) is 11.2 Å². The normalized spacial score (nSPS) is 12.8. The number of carbonyl (C=O) groups excluding carboxylic acids is 3. The van der Waals surface area contributed by atoms with Crippen molar-refractivity contribution in [2.75, 3.05) is 19.8 Å². The Bertz CT molecular complexity index is 1590. The molecule has 1 unspecified atom stereocenters. The third kappa shape index (κ3) is 11.2. The number of fused-ring (bicyclic) bond motifs is 1. The molecule has 0 aliphatic carbocycles. The number of carbonyl (C=O) groups is 3. The van der Waals surface area contributed by atoms with Gasteiger partial charge in [0, 0.05) is 20.9 Å². The quantitative estimate of drug-likeness (QED) is 0.0976. The average Bonchev–Trinajstić information content (AvgIpc) is 3.29. The number of hydrogen-bond donors (Lipinski definition) is 0. The lowest BCUT2D eigenvalue weighted by molar-refractivity contribution is -0.000764. The summed E-state index contributed by atoms with van der Waals surface area (Å²) < 4.78 is 44.9. The predicted molar refractivity (Wildman–Crippen MR) is 182 cm³/mol.